The predicted octanol–water partition coefficient (Wildman–Crippen LogP) is 2.80. The van der Waals surface area contributed by atoms with Crippen LogP contribution in [0.4, 0.5) is 0 Å². The number of hydrogen-bond donors (Lipinski definition) is 0. The number of ether oxygens (including phenoxy) is 2. The normalized spacial score (nSPS) is 26.9. The maximum atomic E-state index is 5.41. The number of thiocarbonyl (C=S) groups is 2. The second-order valence-corrected chi connectivity index (χ2v) is 6.10. The van der Waals surface area contributed by atoms with Crippen LogP contribution in [0, 0.1) is 0 Å². The fourth-order valence-corrected chi connectivity index (χ4v) is 3.87. The van der Waals surface area contributed by atoms with Crippen LogP contribution in [0.25, 0.3) is 0 Å². The smallest absolute Gasteiger partial charge is 0.192 e. The van der Waals surface area contributed by atoms with E-state index in [1.54, 1.807) is 37.4 Å². The molecule has 0 amide bonds. The van der Waals surface area contributed by atoms with Crippen LogP contribution in [0.3, 0.4) is 0 Å². The summed E-state index contributed by atoms with van der Waals surface area (Å²) in [6, 6.07) is 0. The molecule has 0 bridgehead atoms. The highest BCUT2D eigenvalue weighted by Crippen LogP contribution is 2.38. The van der Waals surface area contributed by atoms with Gasteiger partial charge in [0.15, 0.2) is 21.0 Å². The second kappa shape index (κ2) is 5.38. The van der Waals surface area contributed by atoms with E-state index in [0.717, 1.165) is 5.08 Å². The first-order valence-corrected chi connectivity index (χ1v) is 6.58. The van der Waals surface area contributed by atoms with Crippen molar-refractivity contribution in [3.63, 3.8) is 0 Å². The monoisotopic (exact) mass is 254 g/mol. The minimum Gasteiger partial charge on any atom is -0.469 e. The quantitative estimate of drug-likeness (QED) is 0.700. The molecule has 2 atom stereocenters. The Kier molecular flexibility index (Phi) is 4.78. The van der Waals surface area contributed by atoms with E-state index in [0.29, 0.717) is 10.1 Å². The number of rotatable bonds is 2. The van der Waals surface area contributed by atoms with Crippen molar-refractivity contribution in [3.8, 4) is 0 Å². The maximum absolute atomic E-state index is 5.41. The molecule has 1 fully saturated rings. The lowest BCUT2D eigenvalue weighted by atomic mass is 10.7. The molecule has 0 aromatic heterocycles. The van der Waals surface area contributed by atoms with E-state index in [-0.39, 0.29) is 10.9 Å². The first-order chi connectivity index (χ1) is 6.09. The molecule has 1 saturated heterocycles. The number of thioether (sulfide) groups is 2. The van der Waals surface area contributed by atoms with Crippen LogP contribution >= 0.6 is 48.0 Å². The zero-order valence-corrected chi connectivity index (χ0v) is 10.6. The van der Waals surface area contributed by atoms with Gasteiger partial charge < -0.3 is 9.47 Å². The molecule has 1 heterocycles. The summed E-state index contributed by atoms with van der Waals surface area (Å²) in [6.07, 6.45) is 0. The van der Waals surface area contributed by atoms with E-state index in [4.69, 9.17) is 33.9 Å². The van der Waals surface area contributed by atoms with Crippen molar-refractivity contribution in [2.75, 3.05) is 5.08 Å². The molecule has 0 N–H and O–H groups in total. The van der Waals surface area contributed by atoms with Crippen LogP contribution in [-0.4, -0.2) is 26.1 Å². The molecule has 0 aromatic rings. The summed E-state index contributed by atoms with van der Waals surface area (Å²) in [4.78, 5) is 0. The lowest BCUT2D eigenvalue weighted by molar-refractivity contribution is 0.160. The maximum Gasteiger partial charge on any atom is 0.192 e. The summed E-state index contributed by atoms with van der Waals surface area (Å²) in [7, 11) is 0. The molecule has 0 aromatic carbocycles. The molecule has 2 unspecified atom stereocenters. The largest absolute Gasteiger partial charge is 0.469 e. The fraction of sp³-hybridized carbons (Fsp3) is 0.714. The Morgan fingerprint density at radius 2 is 1.46 bits per heavy atom. The summed E-state index contributed by atoms with van der Waals surface area (Å²) >= 11 is 13.1. The molecule has 1 aliphatic rings. The molecule has 6 heteroatoms. The minimum atomic E-state index is -0.0135. The van der Waals surface area contributed by atoms with Gasteiger partial charge in [0.2, 0.25) is 0 Å². The first-order valence-electron chi connectivity index (χ1n) is 3.67. The van der Waals surface area contributed by atoms with Crippen LogP contribution < -0.4 is 0 Å². The highest BCUT2D eigenvalue weighted by molar-refractivity contribution is 8.19. The molecule has 2 nitrogen and oxygen atoms in total. The van der Waals surface area contributed by atoms with Crippen LogP contribution in [0.15, 0.2) is 0 Å². The van der Waals surface area contributed by atoms with E-state index in [1.807, 2.05) is 0 Å². The van der Waals surface area contributed by atoms with E-state index in [9.17, 15) is 0 Å². The Balaban J connectivity index is 2.43. The van der Waals surface area contributed by atoms with E-state index >= 15 is 0 Å². The molecule has 1 aliphatic heterocycles. The van der Waals surface area contributed by atoms with Crippen LogP contribution in [0.1, 0.15) is 13.8 Å². The second-order valence-electron chi connectivity index (χ2n) is 2.41. The topological polar surface area (TPSA) is 18.5 Å². The lowest BCUT2D eigenvalue weighted by Crippen LogP contribution is -2.24. The molecular weight excluding hydrogens is 244 g/mol. The van der Waals surface area contributed by atoms with E-state index in [2.05, 4.69) is 0 Å². The molecule has 13 heavy (non-hydrogen) atoms. The standard InChI is InChI=1S/C7H10O2S4/c1-4(10)8-6-7(9-5(2)11)13-3-12-6/h6-7H,3H2,1-2H3. The van der Waals surface area contributed by atoms with Gasteiger partial charge in [-0.05, 0) is 24.4 Å². The zero-order chi connectivity index (χ0) is 9.84. The third-order valence-corrected chi connectivity index (χ3v) is 4.05. The summed E-state index contributed by atoms with van der Waals surface area (Å²) in [5.74, 6) is 0. The molecule has 1 rings (SSSR count). The van der Waals surface area contributed by atoms with Gasteiger partial charge in [0.05, 0.1) is 0 Å². The van der Waals surface area contributed by atoms with Gasteiger partial charge >= 0.3 is 0 Å². The van der Waals surface area contributed by atoms with Gasteiger partial charge in [-0.1, -0.05) is 0 Å². The summed E-state index contributed by atoms with van der Waals surface area (Å²) < 4.78 is 10.8. The Labute approximate surface area is 97.1 Å². The Hall–Kier alpha value is 0.480. The molecule has 74 valence electrons. The van der Waals surface area contributed by atoms with Gasteiger partial charge in [-0.2, -0.15) is 0 Å². The van der Waals surface area contributed by atoms with Gasteiger partial charge in [-0.3, -0.25) is 0 Å². The summed E-state index contributed by atoms with van der Waals surface area (Å²) in [5, 5.41) is 2.06. The van der Waals surface area contributed by atoms with E-state index < -0.39 is 0 Å². The van der Waals surface area contributed by atoms with Crippen molar-refractivity contribution < 1.29 is 9.47 Å². The SMILES string of the molecule is CC(=S)OC1SCSC1OC(C)=S. The average molecular weight is 254 g/mol. The van der Waals surface area contributed by atoms with Crippen molar-refractivity contribution in [2.45, 2.75) is 24.7 Å². The Morgan fingerprint density at radius 1 is 1.08 bits per heavy atom. The Bertz CT molecular complexity index is 197. The van der Waals surface area contributed by atoms with Crippen molar-refractivity contribution in [2.24, 2.45) is 0 Å². The number of hydrogen-bond acceptors (Lipinski definition) is 6. The average Bonchev–Trinajstić information content (AvgIpc) is 2.34. The van der Waals surface area contributed by atoms with Crippen molar-refractivity contribution in [1.82, 2.24) is 0 Å². The van der Waals surface area contributed by atoms with Gasteiger partial charge in [0.25, 0.3) is 0 Å². The van der Waals surface area contributed by atoms with Gasteiger partial charge in [-0.15, -0.1) is 23.5 Å². The molecule has 0 spiro atoms. The van der Waals surface area contributed by atoms with Gasteiger partial charge in [0.1, 0.15) is 0 Å². The highest BCUT2D eigenvalue weighted by Gasteiger charge is 2.32. The third-order valence-electron chi connectivity index (χ3n) is 1.25. The fourth-order valence-electron chi connectivity index (χ4n) is 0.837. The minimum absolute atomic E-state index is 0.0135. The van der Waals surface area contributed by atoms with Crippen LogP contribution in [-0.2, 0) is 9.47 Å². The third kappa shape index (κ3) is 4.01. The van der Waals surface area contributed by atoms with Crippen molar-refractivity contribution in [1.29, 1.82) is 0 Å². The highest BCUT2D eigenvalue weighted by atomic mass is 32.2. The van der Waals surface area contributed by atoms with E-state index in [1.165, 1.54) is 0 Å². The van der Waals surface area contributed by atoms with Gasteiger partial charge in [-0.25, -0.2) is 0 Å². The summed E-state index contributed by atoms with van der Waals surface area (Å²) in [5.41, 5.74) is -0.0270. The molecule has 0 radical (unpaired) electrons. The van der Waals surface area contributed by atoms with Crippen LogP contribution in [0.2, 0.25) is 0 Å². The van der Waals surface area contributed by atoms with Crippen molar-refractivity contribution >= 4 is 58.1 Å². The van der Waals surface area contributed by atoms with Crippen molar-refractivity contribution in [3.05, 3.63) is 0 Å². The van der Waals surface area contributed by atoms with Crippen LogP contribution in [0.5, 0.6) is 0 Å². The molecule has 0 aliphatic carbocycles. The molecule has 0 saturated carbocycles. The predicted molar refractivity (Wildman–Crippen MR) is 66.3 cm³/mol. The lowest BCUT2D eigenvalue weighted by Gasteiger charge is -2.19. The van der Waals surface area contributed by atoms with Gasteiger partial charge in [0, 0.05) is 18.9 Å². The Morgan fingerprint density at radius 3 is 1.77 bits per heavy atom. The molecular formula is C7H10O2S4. The zero-order valence-electron chi connectivity index (χ0n) is 7.31. The summed E-state index contributed by atoms with van der Waals surface area (Å²) in [6.45, 7) is 3.53. The first kappa shape index (κ1) is 11.6.